The second-order valence-corrected chi connectivity index (χ2v) is 11.3. The smallest absolute Gasteiger partial charge is 0.302 e. The summed E-state index contributed by atoms with van der Waals surface area (Å²) in [7, 11) is 0. The van der Waals surface area contributed by atoms with Crippen LogP contribution in [-0.4, -0.2) is 40.6 Å². The normalized spacial score (nSPS) is 48.7. The van der Waals surface area contributed by atoms with Crippen LogP contribution in [0.15, 0.2) is 0 Å². The van der Waals surface area contributed by atoms with Crippen molar-refractivity contribution < 1.29 is 29.0 Å². The van der Waals surface area contributed by atoms with Gasteiger partial charge in [0, 0.05) is 25.7 Å². The standard InChI is InChI=1S/C25H38O6/c1-14(26)20-13-21(31-16(3)28)22-19-7-6-17-12-18(30-15(2)27)8-9-24(17,5)25(19,29)11-10-23(20,22)4/h17-22,29H,6-13H2,1-5H3/t17-,18?,19?,20?,21-,22?,23?,24?,25+/m0/s1. The van der Waals surface area contributed by atoms with Crippen LogP contribution in [0.4, 0.5) is 0 Å². The van der Waals surface area contributed by atoms with Crippen molar-refractivity contribution >= 4 is 17.7 Å². The van der Waals surface area contributed by atoms with Gasteiger partial charge in [-0.3, -0.25) is 14.4 Å². The summed E-state index contributed by atoms with van der Waals surface area (Å²) in [6.45, 7) is 8.94. The molecule has 4 fully saturated rings. The predicted octanol–water partition coefficient (Wildman–Crippen LogP) is 3.82. The van der Waals surface area contributed by atoms with Crippen LogP contribution in [0.1, 0.15) is 86.0 Å². The van der Waals surface area contributed by atoms with Crippen LogP contribution in [0.3, 0.4) is 0 Å². The number of aliphatic hydroxyl groups is 1. The van der Waals surface area contributed by atoms with E-state index in [0.717, 1.165) is 38.5 Å². The SMILES string of the molecule is CC(=O)OC1CCC2(C)[C@@H](CCC3C4[C@@H](OC(C)=O)CC(C(C)=O)C4(C)CC[C@@]32O)C1. The Labute approximate surface area is 185 Å². The Morgan fingerprint density at radius 1 is 0.871 bits per heavy atom. The highest BCUT2D eigenvalue weighted by molar-refractivity contribution is 5.80. The maximum absolute atomic E-state index is 12.5. The number of carbonyl (C=O) groups excluding carboxylic acids is 3. The number of Topliss-reactive ketones (excluding diaryl/α,β-unsaturated/α-hetero) is 1. The molecule has 4 rings (SSSR count). The fourth-order valence-corrected chi connectivity index (χ4v) is 8.49. The molecule has 1 N–H and O–H groups in total. The predicted molar refractivity (Wildman–Crippen MR) is 114 cm³/mol. The van der Waals surface area contributed by atoms with Crippen molar-refractivity contribution in [3.05, 3.63) is 0 Å². The topological polar surface area (TPSA) is 89.9 Å². The zero-order valence-corrected chi connectivity index (χ0v) is 19.6. The third-order valence-electron chi connectivity index (χ3n) is 9.91. The molecular formula is C25H38O6. The first kappa shape index (κ1) is 22.8. The Morgan fingerprint density at radius 3 is 2.16 bits per heavy atom. The van der Waals surface area contributed by atoms with Gasteiger partial charge in [0.2, 0.25) is 0 Å². The molecule has 6 heteroatoms. The van der Waals surface area contributed by atoms with Gasteiger partial charge in [-0.25, -0.2) is 0 Å². The quantitative estimate of drug-likeness (QED) is 0.679. The Morgan fingerprint density at radius 2 is 1.55 bits per heavy atom. The van der Waals surface area contributed by atoms with Crippen LogP contribution < -0.4 is 0 Å². The van der Waals surface area contributed by atoms with E-state index in [2.05, 4.69) is 13.8 Å². The highest BCUT2D eigenvalue weighted by atomic mass is 16.5. The number of fused-ring (bicyclic) bond motifs is 5. The minimum absolute atomic E-state index is 0.00600. The maximum atomic E-state index is 12.5. The number of ketones is 1. The summed E-state index contributed by atoms with van der Waals surface area (Å²) in [5, 5.41) is 12.3. The van der Waals surface area contributed by atoms with Gasteiger partial charge >= 0.3 is 11.9 Å². The third-order valence-corrected chi connectivity index (χ3v) is 9.91. The van der Waals surface area contributed by atoms with Gasteiger partial charge in [-0.2, -0.15) is 0 Å². The average Bonchev–Trinajstić information content (AvgIpc) is 2.95. The molecule has 6 nitrogen and oxygen atoms in total. The fraction of sp³-hybridized carbons (Fsp3) is 0.880. The molecule has 0 bridgehead atoms. The zero-order chi connectivity index (χ0) is 22.8. The van der Waals surface area contributed by atoms with Crippen LogP contribution in [0.25, 0.3) is 0 Å². The minimum Gasteiger partial charge on any atom is -0.463 e. The van der Waals surface area contributed by atoms with E-state index >= 15 is 0 Å². The number of hydrogen-bond acceptors (Lipinski definition) is 6. The molecule has 174 valence electrons. The van der Waals surface area contributed by atoms with Crippen molar-refractivity contribution in [1.82, 2.24) is 0 Å². The number of ether oxygens (including phenoxy) is 2. The van der Waals surface area contributed by atoms with E-state index in [9.17, 15) is 19.5 Å². The Balaban J connectivity index is 1.67. The average molecular weight is 435 g/mol. The molecule has 0 aromatic carbocycles. The van der Waals surface area contributed by atoms with Gasteiger partial charge in [-0.05, 0) is 81.0 Å². The molecule has 4 saturated carbocycles. The van der Waals surface area contributed by atoms with E-state index in [4.69, 9.17) is 9.47 Å². The largest absolute Gasteiger partial charge is 0.463 e. The van der Waals surface area contributed by atoms with Gasteiger partial charge in [0.05, 0.1) is 5.60 Å². The van der Waals surface area contributed by atoms with E-state index in [1.807, 2.05) is 0 Å². The van der Waals surface area contributed by atoms with Crippen LogP contribution in [0, 0.1) is 34.5 Å². The van der Waals surface area contributed by atoms with Crippen molar-refractivity contribution in [1.29, 1.82) is 0 Å². The monoisotopic (exact) mass is 434 g/mol. The van der Waals surface area contributed by atoms with E-state index in [1.54, 1.807) is 6.92 Å². The summed E-state index contributed by atoms with van der Waals surface area (Å²) in [5.41, 5.74) is -1.37. The highest BCUT2D eigenvalue weighted by Crippen LogP contribution is 2.69. The van der Waals surface area contributed by atoms with Crippen molar-refractivity contribution in [2.24, 2.45) is 34.5 Å². The van der Waals surface area contributed by atoms with Gasteiger partial charge in [0.15, 0.2) is 0 Å². The zero-order valence-electron chi connectivity index (χ0n) is 19.6. The van der Waals surface area contributed by atoms with Crippen LogP contribution in [0.2, 0.25) is 0 Å². The molecule has 4 aliphatic carbocycles. The molecule has 0 aliphatic heterocycles. The molecule has 4 aliphatic rings. The third kappa shape index (κ3) is 3.35. The molecule has 0 radical (unpaired) electrons. The minimum atomic E-state index is -0.856. The Bertz CT molecular complexity index is 778. The fourth-order valence-electron chi connectivity index (χ4n) is 8.49. The van der Waals surface area contributed by atoms with E-state index in [-0.39, 0.29) is 58.5 Å². The van der Waals surface area contributed by atoms with Crippen molar-refractivity contribution in [3.63, 3.8) is 0 Å². The van der Waals surface area contributed by atoms with Gasteiger partial charge in [-0.15, -0.1) is 0 Å². The first-order valence-electron chi connectivity index (χ1n) is 12.0. The van der Waals surface area contributed by atoms with Crippen molar-refractivity contribution in [2.75, 3.05) is 0 Å². The molecule has 0 aromatic heterocycles. The summed E-state index contributed by atoms with van der Waals surface area (Å²) in [4.78, 5) is 35.9. The first-order chi connectivity index (χ1) is 14.4. The molecule has 0 heterocycles. The summed E-state index contributed by atoms with van der Waals surface area (Å²) in [6, 6.07) is 0. The van der Waals surface area contributed by atoms with Gasteiger partial charge in [0.1, 0.15) is 18.0 Å². The number of hydrogen-bond donors (Lipinski definition) is 1. The lowest BCUT2D eigenvalue weighted by Gasteiger charge is -2.65. The lowest BCUT2D eigenvalue weighted by molar-refractivity contribution is -0.249. The molecule has 31 heavy (non-hydrogen) atoms. The van der Waals surface area contributed by atoms with Gasteiger partial charge < -0.3 is 14.6 Å². The molecule has 0 saturated heterocycles. The second-order valence-electron chi connectivity index (χ2n) is 11.3. The number of esters is 2. The van der Waals surface area contributed by atoms with Gasteiger partial charge in [-0.1, -0.05) is 13.8 Å². The molecule has 0 spiro atoms. The molecule has 0 amide bonds. The van der Waals surface area contributed by atoms with E-state index in [1.165, 1.54) is 13.8 Å². The summed E-state index contributed by atoms with van der Waals surface area (Å²) in [6.07, 6.45) is 5.84. The molecule has 0 aromatic rings. The maximum Gasteiger partial charge on any atom is 0.302 e. The summed E-state index contributed by atoms with van der Waals surface area (Å²) >= 11 is 0. The summed E-state index contributed by atoms with van der Waals surface area (Å²) < 4.78 is 11.3. The highest BCUT2D eigenvalue weighted by Gasteiger charge is 2.70. The summed E-state index contributed by atoms with van der Waals surface area (Å²) in [5.74, 6) is -0.216. The molecular weight excluding hydrogens is 396 g/mol. The second kappa shape index (κ2) is 7.57. The first-order valence-corrected chi connectivity index (χ1v) is 12.0. The number of rotatable bonds is 3. The number of carbonyl (C=O) groups is 3. The van der Waals surface area contributed by atoms with Crippen molar-refractivity contribution in [2.45, 2.75) is 104 Å². The van der Waals surface area contributed by atoms with Crippen LogP contribution in [-0.2, 0) is 23.9 Å². The van der Waals surface area contributed by atoms with Gasteiger partial charge in [0.25, 0.3) is 0 Å². The van der Waals surface area contributed by atoms with E-state index in [0.29, 0.717) is 18.8 Å². The van der Waals surface area contributed by atoms with Crippen LogP contribution >= 0.6 is 0 Å². The Kier molecular flexibility index (Phi) is 5.55. The molecule has 6 unspecified atom stereocenters. The van der Waals surface area contributed by atoms with Crippen LogP contribution in [0.5, 0.6) is 0 Å². The van der Waals surface area contributed by atoms with E-state index < -0.39 is 5.60 Å². The lowest BCUT2D eigenvalue weighted by atomic mass is 9.42. The Hall–Kier alpha value is -1.43. The van der Waals surface area contributed by atoms with Crippen molar-refractivity contribution in [3.8, 4) is 0 Å². The molecule has 9 atom stereocenters. The lowest BCUT2D eigenvalue weighted by Crippen LogP contribution is -2.66.